The molecule has 1 fully saturated rings. The van der Waals surface area contributed by atoms with Crippen LogP contribution in [0.25, 0.3) is 17.5 Å². The van der Waals surface area contributed by atoms with Crippen LogP contribution < -0.4 is 5.32 Å². The van der Waals surface area contributed by atoms with Crippen LogP contribution in [0, 0.1) is 6.92 Å². The standard InChI is InChI=1S/C25H26N4O3/c1-17-5-7-19(8-6-17)9-14-23(31)29-15-3-4-21(16-29)25-27-24(28-32-25)20-10-12-22(13-11-20)26-18(2)30/h5-14,21H,3-4,15-16H2,1-2H3,(H,26,30)/b14-9+. The average Bonchev–Trinajstić information content (AvgIpc) is 3.29. The van der Waals surface area contributed by atoms with Crippen molar-refractivity contribution in [2.75, 3.05) is 18.4 Å². The molecule has 2 aromatic carbocycles. The first-order chi connectivity index (χ1) is 15.5. The van der Waals surface area contributed by atoms with Gasteiger partial charge in [-0.15, -0.1) is 0 Å². The van der Waals surface area contributed by atoms with Crippen LogP contribution in [0.3, 0.4) is 0 Å². The molecule has 1 aromatic heterocycles. The fourth-order valence-electron chi connectivity index (χ4n) is 3.75. The number of likely N-dealkylation sites (tertiary alicyclic amines) is 1. The summed E-state index contributed by atoms with van der Waals surface area (Å²) in [6.07, 6.45) is 5.26. The Kier molecular flexibility index (Phi) is 6.44. The molecule has 0 aliphatic carbocycles. The van der Waals surface area contributed by atoms with Gasteiger partial charge in [-0.2, -0.15) is 4.98 Å². The van der Waals surface area contributed by atoms with E-state index in [0.29, 0.717) is 23.9 Å². The first-order valence-electron chi connectivity index (χ1n) is 10.7. The van der Waals surface area contributed by atoms with E-state index < -0.39 is 0 Å². The predicted molar refractivity (Wildman–Crippen MR) is 123 cm³/mol. The Hall–Kier alpha value is -3.74. The van der Waals surface area contributed by atoms with Crippen molar-refractivity contribution in [2.24, 2.45) is 0 Å². The van der Waals surface area contributed by atoms with Crippen LogP contribution in [-0.2, 0) is 9.59 Å². The van der Waals surface area contributed by atoms with Gasteiger partial charge in [0.25, 0.3) is 0 Å². The third-order valence-electron chi connectivity index (χ3n) is 5.48. The second-order valence-electron chi connectivity index (χ2n) is 8.08. The Bertz CT molecular complexity index is 1120. The van der Waals surface area contributed by atoms with Gasteiger partial charge in [-0.25, -0.2) is 0 Å². The maximum Gasteiger partial charge on any atom is 0.246 e. The van der Waals surface area contributed by atoms with Crippen LogP contribution in [0.5, 0.6) is 0 Å². The summed E-state index contributed by atoms with van der Waals surface area (Å²) in [4.78, 5) is 30.3. The molecule has 0 spiro atoms. The number of nitrogens with one attached hydrogen (secondary N) is 1. The van der Waals surface area contributed by atoms with Crippen molar-refractivity contribution < 1.29 is 14.1 Å². The third kappa shape index (κ3) is 5.29. The molecule has 3 aromatic rings. The lowest BCUT2D eigenvalue weighted by Gasteiger charge is -2.30. The summed E-state index contributed by atoms with van der Waals surface area (Å²) in [6, 6.07) is 15.3. The maximum atomic E-state index is 12.7. The van der Waals surface area contributed by atoms with Crippen molar-refractivity contribution in [2.45, 2.75) is 32.6 Å². The van der Waals surface area contributed by atoms with Crippen LogP contribution >= 0.6 is 0 Å². The highest BCUT2D eigenvalue weighted by Gasteiger charge is 2.28. The van der Waals surface area contributed by atoms with E-state index in [1.54, 1.807) is 18.2 Å². The Morgan fingerprint density at radius 3 is 2.59 bits per heavy atom. The number of hydrogen-bond donors (Lipinski definition) is 1. The van der Waals surface area contributed by atoms with Gasteiger partial charge in [-0.05, 0) is 55.7 Å². The second kappa shape index (κ2) is 9.60. The molecule has 1 aliphatic heterocycles. The molecular formula is C25H26N4O3. The van der Waals surface area contributed by atoms with Gasteiger partial charge >= 0.3 is 0 Å². The zero-order valence-corrected chi connectivity index (χ0v) is 18.2. The monoisotopic (exact) mass is 430 g/mol. The van der Waals surface area contributed by atoms with E-state index in [-0.39, 0.29) is 17.7 Å². The van der Waals surface area contributed by atoms with Crippen LogP contribution in [0.4, 0.5) is 5.69 Å². The highest BCUT2D eigenvalue weighted by molar-refractivity contribution is 5.92. The van der Waals surface area contributed by atoms with Gasteiger partial charge in [0, 0.05) is 37.3 Å². The van der Waals surface area contributed by atoms with Gasteiger partial charge in [0.05, 0.1) is 5.92 Å². The van der Waals surface area contributed by atoms with Crippen LogP contribution in [0.2, 0.25) is 0 Å². The number of nitrogens with zero attached hydrogens (tertiary/aromatic N) is 3. The molecule has 32 heavy (non-hydrogen) atoms. The number of aryl methyl sites for hydroxylation is 1. The molecule has 7 nitrogen and oxygen atoms in total. The normalized spacial score (nSPS) is 16.3. The molecular weight excluding hydrogens is 404 g/mol. The maximum absolute atomic E-state index is 12.7. The highest BCUT2D eigenvalue weighted by Crippen LogP contribution is 2.28. The number of carbonyl (C=O) groups is 2. The zero-order chi connectivity index (χ0) is 22.5. The van der Waals surface area contributed by atoms with Gasteiger partial charge in [0.15, 0.2) is 0 Å². The van der Waals surface area contributed by atoms with Gasteiger partial charge in [-0.1, -0.05) is 35.0 Å². The average molecular weight is 431 g/mol. The summed E-state index contributed by atoms with van der Waals surface area (Å²) < 4.78 is 5.54. The van der Waals surface area contributed by atoms with Crippen molar-refractivity contribution in [3.8, 4) is 11.4 Å². The number of anilines is 1. The minimum atomic E-state index is -0.121. The second-order valence-corrected chi connectivity index (χ2v) is 8.08. The summed E-state index contributed by atoms with van der Waals surface area (Å²) in [5.74, 6) is 0.928. The van der Waals surface area contributed by atoms with Crippen molar-refractivity contribution in [1.29, 1.82) is 0 Å². The summed E-state index contributed by atoms with van der Waals surface area (Å²) in [5, 5.41) is 6.85. The summed E-state index contributed by atoms with van der Waals surface area (Å²) in [5.41, 5.74) is 3.71. The molecule has 1 aliphatic rings. The Balaban J connectivity index is 1.40. The molecule has 1 N–H and O–H groups in total. The van der Waals surface area contributed by atoms with Crippen LogP contribution in [0.1, 0.15) is 42.7 Å². The lowest BCUT2D eigenvalue weighted by molar-refractivity contribution is -0.127. The Labute approximate surface area is 187 Å². The fourth-order valence-corrected chi connectivity index (χ4v) is 3.75. The number of aromatic nitrogens is 2. The molecule has 0 radical (unpaired) electrons. The molecule has 0 saturated carbocycles. The molecule has 2 heterocycles. The van der Waals surface area contributed by atoms with E-state index in [1.165, 1.54) is 12.5 Å². The van der Waals surface area contributed by atoms with E-state index in [1.807, 2.05) is 54.3 Å². The number of piperidine rings is 1. The van der Waals surface area contributed by atoms with Crippen LogP contribution in [-0.4, -0.2) is 39.9 Å². The van der Waals surface area contributed by atoms with Crippen molar-refractivity contribution in [3.05, 3.63) is 71.6 Å². The topological polar surface area (TPSA) is 88.3 Å². The SMILES string of the molecule is CC(=O)Nc1ccc(-c2noc(C3CCCN(C(=O)/C=C/c4ccc(C)cc4)C3)n2)cc1. The molecule has 1 atom stereocenters. The van der Waals surface area contributed by atoms with Gasteiger partial charge < -0.3 is 14.7 Å². The minimum absolute atomic E-state index is 0.0106. The van der Waals surface area contributed by atoms with Gasteiger partial charge in [-0.3, -0.25) is 9.59 Å². The number of amides is 2. The van der Waals surface area contributed by atoms with Gasteiger partial charge in [0.1, 0.15) is 0 Å². The van der Waals surface area contributed by atoms with E-state index in [9.17, 15) is 9.59 Å². The lowest BCUT2D eigenvalue weighted by atomic mass is 9.98. The molecule has 164 valence electrons. The van der Waals surface area contributed by atoms with Crippen LogP contribution in [0.15, 0.2) is 59.1 Å². The molecule has 0 bridgehead atoms. The highest BCUT2D eigenvalue weighted by atomic mass is 16.5. The van der Waals surface area contributed by atoms with Gasteiger partial charge in [0.2, 0.25) is 23.5 Å². The van der Waals surface area contributed by atoms with Crippen molar-refractivity contribution >= 4 is 23.6 Å². The first kappa shape index (κ1) is 21.5. The number of hydrogen-bond acceptors (Lipinski definition) is 5. The third-order valence-corrected chi connectivity index (χ3v) is 5.48. The quantitative estimate of drug-likeness (QED) is 0.605. The van der Waals surface area contributed by atoms with E-state index in [0.717, 1.165) is 30.5 Å². The summed E-state index contributed by atoms with van der Waals surface area (Å²) in [6.45, 7) is 4.78. The summed E-state index contributed by atoms with van der Waals surface area (Å²) >= 11 is 0. The van der Waals surface area contributed by atoms with Crippen molar-refractivity contribution in [3.63, 3.8) is 0 Å². The Morgan fingerprint density at radius 2 is 1.88 bits per heavy atom. The Morgan fingerprint density at radius 1 is 1.12 bits per heavy atom. The molecule has 4 rings (SSSR count). The summed E-state index contributed by atoms with van der Waals surface area (Å²) in [7, 11) is 0. The minimum Gasteiger partial charge on any atom is -0.339 e. The number of rotatable bonds is 5. The van der Waals surface area contributed by atoms with Crippen molar-refractivity contribution in [1.82, 2.24) is 15.0 Å². The van der Waals surface area contributed by atoms with E-state index >= 15 is 0 Å². The lowest BCUT2D eigenvalue weighted by Crippen LogP contribution is -2.38. The first-order valence-corrected chi connectivity index (χ1v) is 10.7. The number of benzene rings is 2. The zero-order valence-electron chi connectivity index (χ0n) is 18.2. The molecule has 1 unspecified atom stereocenters. The smallest absolute Gasteiger partial charge is 0.246 e. The molecule has 1 saturated heterocycles. The molecule has 7 heteroatoms. The van der Waals surface area contributed by atoms with E-state index in [2.05, 4.69) is 15.5 Å². The largest absolute Gasteiger partial charge is 0.339 e. The fraction of sp³-hybridized carbons (Fsp3) is 0.280. The molecule has 2 amide bonds. The van der Waals surface area contributed by atoms with E-state index in [4.69, 9.17) is 4.52 Å². The predicted octanol–water partition coefficient (Wildman–Crippen LogP) is 4.42. The number of carbonyl (C=O) groups excluding carboxylic acids is 2.